The van der Waals surface area contributed by atoms with Gasteiger partial charge in [-0.2, -0.15) is 0 Å². The van der Waals surface area contributed by atoms with E-state index >= 15 is 0 Å². The fourth-order valence-electron chi connectivity index (χ4n) is 2.70. The molecule has 25 heavy (non-hydrogen) atoms. The van der Waals surface area contributed by atoms with Crippen molar-refractivity contribution >= 4 is 40.5 Å². The van der Waals surface area contributed by atoms with Crippen molar-refractivity contribution in [2.75, 3.05) is 10.2 Å². The highest BCUT2D eigenvalue weighted by Gasteiger charge is 2.39. The van der Waals surface area contributed by atoms with Gasteiger partial charge in [-0.1, -0.05) is 23.7 Å². The molecule has 0 spiro atoms. The fourth-order valence-corrected chi connectivity index (χ4v) is 2.88. The lowest BCUT2D eigenvalue weighted by Gasteiger charge is -2.17. The number of carbonyl (C=O) groups excluding carboxylic acids is 2. The Kier molecular flexibility index (Phi) is 4.41. The first-order valence-corrected chi connectivity index (χ1v) is 7.88. The number of benzene rings is 2. The average molecular weight is 360 g/mol. The number of carbonyl (C=O) groups is 2. The number of halogens is 1. The molecule has 0 saturated carbocycles. The third-order valence-electron chi connectivity index (χ3n) is 3.97. The van der Waals surface area contributed by atoms with Gasteiger partial charge in [0.05, 0.1) is 17.0 Å². The van der Waals surface area contributed by atoms with E-state index < -0.39 is 16.9 Å². The van der Waals surface area contributed by atoms with E-state index in [0.717, 1.165) is 10.5 Å². The van der Waals surface area contributed by atoms with Crippen LogP contribution in [-0.2, 0) is 9.59 Å². The highest BCUT2D eigenvalue weighted by Crippen LogP contribution is 2.29. The number of amides is 2. The molecule has 0 aromatic heterocycles. The average Bonchev–Trinajstić information content (AvgIpc) is 2.83. The Morgan fingerprint density at radius 3 is 2.68 bits per heavy atom. The molecule has 1 aliphatic rings. The van der Waals surface area contributed by atoms with Gasteiger partial charge in [-0.25, -0.2) is 4.90 Å². The van der Waals surface area contributed by atoms with Crippen LogP contribution in [0.4, 0.5) is 17.1 Å². The normalized spacial score (nSPS) is 17.0. The molecule has 1 atom stereocenters. The van der Waals surface area contributed by atoms with Crippen LogP contribution in [-0.4, -0.2) is 22.8 Å². The smallest absolute Gasteiger partial charge is 0.271 e. The first-order chi connectivity index (χ1) is 11.9. The van der Waals surface area contributed by atoms with Gasteiger partial charge >= 0.3 is 0 Å². The Labute approximate surface area is 148 Å². The lowest BCUT2D eigenvalue weighted by atomic mass is 10.1. The van der Waals surface area contributed by atoms with Gasteiger partial charge in [0.15, 0.2) is 0 Å². The number of non-ortho nitro benzene ring substituents is 1. The van der Waals surface area contributed by atoms with Crippen molar-refractivity contribution in [3.8, 4) is 0 Å². The first kappa shape index (κ1) is 16.9. The third kappa shape index (κ3) is 3.32. The lowest BCUT2D eigenvalue weighted by Crippen LogP contribution is -2.34. The van der Waals surface area contributed by atoms with Crippen LogP contribution < -0.4 is 10.2 Å². The van der Waals surface area contributed by atoms with Crippen molar-refractivity contribution < 1.29 is 14.5 Å². The van der Waals surface area contributed by atoms with Gasteiger partial charge in [0, 0.05) is 22.8 Å². The van der Waals surface area contributed by atoms with E-state index in [1.54, 1.807) is 37.3 Å². The molecule has 128 valence electrons. The zero-order chi connectivity index (χ0) is 18.1. The monoisotopic (exact) mass is 359 g/mol. The molecule has 0 unspecified atom stereocenters. The number of hydrogen-bond donors (Lipinski definition) is 1. The van der Waals surface area contributed by atoms with E-state index in [1.807, 2.05) is 0 Å². The van der Waals surface area contributed by atoms with Crippen LogP contribution in [0, 0.1) is 17.0 Å². The summed E-state index contributed by atoms with van der Waals surface area (Å²) in [4.78, 5) is 36.4. The molecule has 2 aromatic rings. The zero-order valence-electron chi connectivity index (χ0n) is 13.2. The minimum atomic E-state index is -0.785. The third-order valence-corrected chi connectivity index (χ3v) is 4.21. The fraction of sp³-hybridized carbons (Fsp3) is 0.176. The van der Waals surface area contributed by atoms with Gasteiger partial charge in [0.2, 0.25) is 5.91 Å². The summed E-state index contributed by atoms with van der Waals surface area (Å²) in [5, 5.41) is 14.3. The molecule has 8 heteroatoms. The van der Waals surface area contributed by atoms with Gasteiger partial charge in [0.1, 0.15) is 6.04 Å². The molecule has 1 N–H and O–H groups in total. The first-order valence-electron chi connectivity index (χ1n) is 7.51. The molecule has 2 aromatic carbocycles. The van der Waals surface area contributed by atoms with Gasteiger partial charge in [-0.05, 0) is 30.7 Å². The topological polar surface area (TPSA) is 92.6 Å². The largest absolute Gasteiger partial charge is 0.373 e. The summed E-state index contributed by atoms with van der Waals surface area (Å²) in [6.45, 7) is 1.77. The summed E-state index contributed by atoms with van der Waals surface area (Å²) in [6.07, 6.45) is -0.0342. The minimum Gasteiger partial charge on any atom is -0.373 e. The zero-order valence-corrected chi connectivity index (χ0v) is 14.0. The van der Waals surface area contributed by atoms with Gasteiger partial charge in [-0.3, -0.25) is 19.7 Å². The Morgan fingerprint density at radius 1 is 1.24 bits per heavy atom. The molecule has 1 fully saturated rings. The molecular weight excluding hydrogens is 346 g/mol. The molecule has 0 radical (unpaired) electrons. The second kappa shape index (κ2) is 6.52. The van der Waals surface area contributed by atoms with Gasteiger partial charge in [-0.15, -0.1) is 0 Å². The van der Waals surface area contributed by atoms with E-state index in [0.29, 0.717) is 16.4 Å². The number of hydrogen-bond acceptors (Lipinski definition) is 5. The summed E-state index contributed by atoms with van der Waals surface area (Å²) in [5.74, 6) is -0.772. The number of nitrogens with zero attached hydrogens (tertiary/aromatic N) is 2. The quantitative estimate of drug-likeness (QED) is 0.513. The van der Waals surface area contributed by atoms with Crippen molar-refractivity contribution in [2.45, 2.75) is 19.4 Å². The minimum absolute atomic E-state index is 0.0342. The second-order valence-corrected chi connectivity index (χ2v) is 6.14. The number of nitro benzene ring substituents is 1. The highest BCUT2D eigenvalue weighted by molar-refractivity contribution is 6.31. The molecule has 1 saturated heterocycles. The van der Waals surface area contributed by atoms with Crippen LogP contribution in [0.25, 0.3) is 0 Å². The number of rotatable bonds is 4. The maximum absolute atomic E-state index is 12.6. The molecule has 3 rings (SSSR count). The van der Waals surface area contributed by atoms with E-state index in [1.165, 1.54) is 12.1 Å². The number of nitrogens with one attached hydrogen (secondary N) is 1. The van der Waals surface area contributed by atoms with E-state index in [-0.39, 0.29) is 18.0 Å². The molecule has 1 aliphatic heterocycles. The predicted molar refractivity (Wildman–Crippen MR) is 93.8 cm³/mol. The summed E-state index contributed by atoms with van der Waals surface area (Å²) in [5.41, 5.74) is 1.51. The number of anilines is 2. The standard InChI is InChI=1S/C17H14ClN3O4/c1-10-5-6-13(21(24)25)8-14(10)19-15-9-16(22)20(17(15)23)12-4-2-3-11(18)7-12/h2-8,15,19H,9H2,1H3/t15-/m1/s1. The Morgan fingerprint density at radius 2 is 2.00 bits per heavy atom. The molecule has 2 amide bonds. The molecule has 0 bridgehead atoms. The number of imide groups is 1. The van der Waals surface area contributed by atoms with Crippen LogP contribution >= 0.6 is 11.6 Å². The molecule has 0 aliphatic carbocycles. The Bertz CT molecular complexity index is 884. The van der Waals surface area contributed by atoms with Gasteiger partial charge in [0.25, 0.3) is 11.6 Å². The van der Waals surface area contributed by atoms with E-state index in [2.05, 4.69) is 5.32 Å². The van der Waals surface area contributed by atoms with E-state index in [4.69, 9.17) is 11.6 Å². The second-order valence-electron chi connectivity index (χ2n) is 5.70. The maximum Gasteiger partial charge on any atom is 0.271 e. The molecule has 1 heterocycles. The highest BCUT2D eigenvalue weighted by atomic mass is 35.5. The summed E-state index contributed by atoms with van der Waals surface area (Å²) in [6, 6.07) is 10.0. The Hall–Kier alpha value is -2.93. The lowest BCUT2D eigenvalue weighted by molar-refractivity contribution is -0.384. The van der Waals surface area contributed by atoms with Crippen LogP contribution in [0.2, 0.25) is 5.02 Å². The summed E-state index contributed by atoms with van der Waals surface area (Å²) < 4.78 is 0. The number of aryl methyl sites for hydroxylation is 1. The molecule has 7 nitrogen and oxygen atoms in total. The summed E-state index contributed by atoms with van der Waals surface area (Å²) >= 11 is 5.92. The SMILES string of the molecule is Cc1ccc([N+](=O)[O-])cc1N[C@@H]1CC(=O)N(c2cccc(Cl)c2)C1=O. The predicted octanol–water partition coefficient (Wildman–Crippen LogP) is 3.30. The van der Waals surface area contributed by atoms with Crippen LogP contribution in [0.15, 0.2) is 42.5 Å². The Balaban J connectivity index is 1.86. The van der Waals surface area contributed by atoms with E-state index in [9.17, 15) is 19.7 Å². The van der Waals surface area contributed by atoms with Crippen LogP contribution in [0.3, 0.4) is 0 Å². The van der Waals surface area contributed by atoms with Gasteiger partial charge < -0.3 is 5.32 Å². The maximum atomic E-state index is 12.6. The van der Waals surface area contributed by atoms with Crippen molar-refractivity contribution in [2.24, 2.45) is 0 Å². The van der Waals surface area contributed by atoms with Crippen molar-refractivity contribution in [1.82, 2.24) is 0 Å². The number of nitro groups is 1. The van der Waals surface area contributed by atoms with Crippen molar-refractivity contribution in [1.29, 1.82) is 0 Å². The molecular formula is C17H14ClN3O4. The van der Waals surface area contributed by atoms with Crippen LogP contribution in [0.5, 0.6) is 0 Å². The van der Waals surface area contributed by atoms with Crippen molar-refractivity contribution in [3.05, 3.63) is 63.2 Å². The van der Waals surface area contributed by atoms with Crippen LogP contribution in [0.1, 0.15) is 12.0 Å². The van der Waals surface area contributed by atoms with Crippen molar-refractivity contribution in [3.63, 3.8) is 0 Å². The summed E-state index contributed by atoms with van der Waals surface area (Å²) in [7, 11) is 0.